The first-order valence-electron chi connectivity index (χ1n) is 12.0. The van der Waals surface area contributed by atoms with Crippen LogP contribution in [0.25, 0.3) is 22.3 Å². The number of imidazole rings is 1. The summed E-state index contributed by atoms with van der Waals surface area (Å²) in [6.07, 6.45) is -0.853. The number of aliphatic hydroxyl groups is 2. The molecule has 0 amide bonds. The first-order valence-corrected chi connectivity index (χ1v) is 16.0. The first kappa shape index (κ1) is 27.8. The monoisotopic (exact) mass is 621 g/mol. The van der Waals surface area contributed by atoms with Gasteiger partial charge in [-0.1, -0.05) is 30.3 Å². The fourth-order valence-corrected chi connectivity index (χ4v) is 7.49. The third-order valence-electron chi connectivity index (χ3n) is 6.59. The van der Waals surface area contributed by atoms with Gasteiger partial charge in [0.05, 0.1) is 0 Å². The largest absolute Gasteiger partial charge is 0.506 e. The van der Waals surface area contributed by atoms with Crippen molar-refractivity contribution in [3.63, 3.8) is 0 Å². The van der Waals surface area contributed by atoms with Crippen LogP contribution in [0.2, 0.25) is 5.28 Å². The highest BCUT2D eigenvalue weighted by atomic mass is 35.5. The van der Waals surface area contributed by atoms with E-state index in [0.717, 1.165) is 23.2 Å². The highest BCUT2D eigenvalue weighted by Gasteiger charge is 2.40. The lowest BCUT2D eigenvalue weighted by atomic mass is 10.1. The van der Waals surface area contributed by atoms with E-state index in [9.17, 15) is 24.2 Å². The van der Waals surface area contributed by atoms with Crippen LogP contribution in [0.5, 0.6) is 0 Å². The van der Waals surface area contributed by atoms with Gasteiger partial charge in [0.25, 0.3) is 0 Å². The molecule has 0 bridgehead atoms. The van der Waals surface area contributed by atoms with Crippen molar-refractivity contribution in [2.45, 2.75) is 18.8 Å². The smallest absolute Gasteiger partial charge is 0.340 e. The van der Waals surface area contributed by atoms with E-state index in [1.165, 1.54) is 22.0 Å². The highest BCUT2D eigenvalue weighted by Crippen LogP contribution is 2.55. The van der Waals surface area contributed by atoms with Crippen molar-refractivity contribution < 1.29 is 43.3 Å². The number of aliphatic hydroxyl groups excluding tert-OH is 2. The molecular formula is C24H22ClN5O9P2. The molecule has 6 N–H and O–H groups in total. The zero-order valence-electron chi connectivity index (χ0n) is 20.8. The molecule has 2 aromatic carbocycles. The molecule has 0 spiro atoms. The third kappa shape index (κ3) is 5.49. The van der Waals surface area contributed by atoms with E-state index in [0.29, 0.717) is 0 Å². The van der Waals surface area contributed by atoms with Gasteiger partial charge in [-0.15, -0.1) is 0 Å². The maximum absolute atomic E-state index is 12.0. The van der Waals surface area contributed by atoms with Gasteiger partial charge in [-0.2, -0.15) is 9.97 Å². The molecule has 1 aliphatic carbocycles. The van der Waals surface area contributed by atoms with Crippen LogP contribution in [0.15, 0.2) is 60.3 Å². The zero-order chi connectivity index (χ0) is 29.1. The van der Waals surface area contributed by atoms with Gasteiger partial charge in [0.1, 0.15) is 12.9 Å². The molecule has 3 heterocycles. The predicted molar refractivity (Wildman–Crippen MR) is 147 cm³/mol. The number of rotatable bonds is 8. The van der Waals surface area contributed by atoms with Gasteiger partial charge < -0.3 is 34.9 Å². The van der Waals surface area contributed by atoms with Gasteiger partial charge >= 0.3 is 15.2 Å². The molecule has 41 heavy (non-hydrogen) atoms. The van der Waals surface area contributed by atoms with Gasteiger partial charge in [0.2, 0.25) is 11.5 Å². The van der Waals surface area contributed by atoms with E-state index in [1.54, 1.807) is 0 Å². The van der Waals surface area contributed by atoms with Crippen molar-refractivity contribution in [2.75, 3.05) is 17.8 Å². The molecule has 6 rings (SSSR count). The second-order valence-corrected chi connectivity index (χ2v) is 13.8. The first-order chi connectivity index (χ1) is 19.4. The quantitative estimate of drug-likeness (QED) is 0.108. The topological polar surface area (TPSA) is 209 Å². The average molecular weight is 622 g/mol. The molecule has 0 saturated carbocycles. The Morgan fingerprint density at radius 1 is 1.10 bits per heavy atom. The fraction of sp³-hybridized carbons (Fsp3) is 0.208. The molecule has 2 aliphatic rings. The Hall–Kier alpha value is -3.32. The summed E-state index contributed by atoms with van der Waals surface area (Å²) in [6, 6.07) is 14.1. The molecule has 4 aromatic rings. The zero-order valence-corrected chi connectivity index (χ0v) is 23.4. The number of nitrogens with one attached hydrogen (secondary N) is 1. The average Bonchev–Trinajstić information content (AvgIpc) is 3.55. The number of halogens is 1. The standard InChI is InChI=1S/C24H22ClN5O9P2/c25-24-28-21(27-14-6-5-13-7-12-3-1-2-4-15(12)16(13)8-14)18-22(29-24)30(10-26-18)23-20(32)19(31)17(39-23)9-38-41(36,37)11-40(33,34)35/h1-6,8,10,20,23,31-32H,7,9,11H2,(H,36,37)(H,27,28,29)(H2,33,34,35)/t20?,23-/m1/s1. The highest BCUT2D eigenvalue weighted by molar-refractivity contribution is 7.70. The maximum atomic E-state index is 12.0. The number of anilines is 2. The molecule has 2 aromatic heterocycles. The summed E-state index contributed by atoms with van der Waals surface area (Å²) >= 11 is 6.22. The number of hydrogen-bond acceptors (Lipinski definition) is 10. The summed E-state index contributed by atoms with van der Waals surface area (Å²) in [4.78, 5) is 40.4. The number of ether oxygens (including phenoxy) is 1. The van der Waals surface area contributed by atoms with Gasteiger partial charge in [-0.05, 0) is 52.4 Å². The molecule has 0 fully saturated rings. The van der Waals surface area contributed by atoms with Crippen LogP contribution in [0.3, 0.4) is 0 Å². The number of hydrogen-bond donors (Lipinski definition) is 6. The van der Waals surface area contributed by atoms with Gasteiger partial charge in [-0.25, -0.2) is 4.98 Å². The summed E-state index contributed by atoms with van der Waals surface area (Å²) < 4.78 is 34.6. The molecular weight excluding hydrogens is 600 g/mol. The summed E-state index contributed by atoms with van der Waals surface area (Å²) in [5, 5.41) is 24.1. The normalized spacial score (nSPS) is 19.6. The second kappa shape index (κ2) is 10.2. The van der Waals surface area contributed by atoms with Crippen LogP contribution in [0, 0.1) is 0 Å². The summed E-state index contributed by atoms with van der Waals surface area (Å²) in [5.41, 5.74) is 5.84. The number of aromatic nitrogens is 4. The minimum atomic E-state index is -4.86. The minimum Gasteiger partial charge on any atom is -0.506 e. The van der Waals surface area contributed by atoms with E-state index >= 15 is 0 Å². The second-order valence-electron chi connectivity index (χ2n) is 9.47. The van der Waals surface area contributed by atoms with Crippen molar-refractivity contribution in [2.24, 2.45) is 0 Å². The SMILES string of the molecule is O=P(O)(O)CP(=O)(O)OCC1=C(O)C(O)[C@H](n2cnc3c(Nc4ccc5c(c4)-c4ccccc4C5)nc(Cl)nc32)O1. The van der Waals surface area contributed by atoms with E-state index < -0.39 is 51.6 Å². The summed E-state index contributed by atoms with van der Waals surface area (Å²) in [7, 11) is -9.60. The Morgan fingerprint density at radius 2 is 1.85 bits per heavy atom. The van der Waals surface area contributed by atoms with E-state index in [4.69, 9.17) is 30.6 Å². The molecule has 0 radical (unpaired) electrons. The Morgan fingerprint density at radius 3 is 2.63 bits per heavy atom. The Kier molecular flexibility index (Phi) is 6.92. The van der Waals surface area contributed by atoms with Crippen LogP contribution in [0.1, 0.15) is 17.4 Å². The fourth-order valence-electron chi connectivity index (χ4n) is 4.82. The third-order valence-corrected chi connectivity index (χ3v) is 10.2. The molecule has 3 atom stereocenters. The van der Waals surface area contributed by atoms with E-state index in [1.807, 2.05) is 30.3 Å². The predicted octanol–water partition coefficient (Wildman–Crippen LogP) is 3.79. The van der Waals surface area contributed by atoms with E-state index in [2.05, 4.69) is 32.4 Å². The lowest BCUT2D eigenvalue weighted by Gasteiger charge is -2.18. The van der Waals surface area contributed by atoms with Crippen LogP contribution < -0.4 is 5.32 Å². The number of nitrogens with zero attached hydrogens (tertiary/aromatic N) is 4. The Balaban J connectivity index is 1.25. The van der Waals surface area contributed by atoms with Crippen LogP contribution in [-0.4, -0.2) is 63.0 Å². The van der Waals surface area contributed by atoms with Gasteiger partial charge in [0, 0.05) is 5.69 Å². The van der Waals surface area contributed by atoms with Crippen LogP contribution in [0.4, 0.5) is 11.5 Å². The van der Waals surface area contributed by atoms with Gasteiger partial charge in [-0.3, -0.25) is 18.2 Å². The van der Waals surface area contributed by atoms with Crippen molar-refractivity contribution >= 4 is 49.5 Å². The molecule has 17 heteroatoms. The minimum absolute atomic E-state index is 0.139. The molecule has 0 saturated heterocycles. The van der Waals surface area contributed by atoms with Crippen LogP contribution >= 0.6 is 26.8 Å². The number of fused-ring (bicyclic) bond motifs is 4. The van der Waals surface area contributed by atoms with Crippen molar-refractivity contribution in [1.82, 2.24) is 19.5 Å². The molecule has 2 unspecified atom stereocenters. The van der Waals surface area contributed by atoms with Crippen molar-refractivity contribution in [3.05, 3.63) is 76.7 Å². The van der Waals surface area contributed by atoms with E-state index in [-0.39, 0.29) is 22.3 Å². The van der Waals surface area contributed by atoms with Crippen LogP contribution in [-0.2, 0) is 24.8 Å². The maximum Gasteiger partial charge on any atom is 0.340 e. The summed E-state index contributed by atoms with van der Waals surface area (Å²) in [5.74, 6) is -2.27. The van der Waals surface area contributed by atoms with Crippen molar-refractivity contribution in [3.8, 4) is 11.1 Å². The van der Waals surface area contributed by atoms with Crippen molar-refractivity contribution in [1.29, 1.82) is 0 Å². The lowest BCUT2D eigenvalue weighted by Crippen LogP contribution is -2.22. The Bertz CT molecular complexity index is 1820. The number of benzene rings is 2. The molecule has 1 aliphatic heterocycles. The van der Waals surface area contributed by atoms with Gasteiger partial charge in [0.15, 0.2) is 40.5 Å². The summed E-state index contributed by atoms with van der Waals surface area (Å²) in [6.45, 7) is -0.843. The lowest BCUT2D eigenvalue weighted by molar-refractivity contribution is -0.0112. The molecule has 214 valence electrons. The molecule has 14 nitrogen and oxygen atoms in total. The Labute approximate surface area is 236 Å².